The Labute approximate surface area is 43.8 Å². The first-order valence-corrected chi connectivity index (χ1v) is 1.62. The largest absolute Gasteiger partial charge is 0.250 e. The predicted octanol–water partition coefficient (Wildman–Crippen LogP) is -0.564. The summed E-state index contributed by atoms with van der Waals surface area (Å²) >= 11 is 0. The molecule has 0 atom stereocenters. The van der Waals surface area contributed by atoms with E-state index in [1.165, 1.54) is 7.11 Å². The normalized spacial score (nSPS) is 23.6. The van der Waals surface area contributed by atoms with E-state index in [-0.39, 0.29) is 0 Å². The Kier molecular flexibility index (Phi) is 2.11. The second kappa shape index (κ2) is 2.89. The molecule has 0 bridgehead atoms. The van der Waals surface area contributed by atoms with Crippen LogP contribution in [0.25, 0.3) is 0 Å². The van der Waals surface area contributed by atoms with E-state index in [9.17, 15) is 0 Å². The lowest BCUT2D eigenvalue weighted by molar-refractivity contribution is -0.888. The highest BCUT2D eigenvalue weighted by molar-refractivity contribution is 3.61. The minimum atomic E-state index is 0.448. The van der Waals surface area contributed by atoms with Gasteiger partial charge in [-0.15, -0.1) is 0 Å². The van der Waals surface area contributed by atoms with Gasteiger partial charge in [0.2, 0.25) is 0 Å². The van der Waals surface area contributed by atoms with Gasteiger partial charge in [-0.3, -0.25) is 0 Å². The zero-order valence-corrected chi connectivity index (χ0v) is 3.90. The molecule has 0 aromatic heterocycles. The Balaban J connectivity index is 2.13. The van der Waals surface area contributed by atoms with Crippen LogP contribution >= 0.6 is 0 Å². The van der Waals surface area contributed by atoms with Gasteiger partial charge in [-0.25, -0.2) is 4.84 Å². The highest BCUT2D eigenvalue weighted by Crippen LogP contribution is 2.01. The average molecular weight is 125 g/mol. The molecule has 0 N–H and O–H groups in total. The summed E-state index contributed by atoms with van der Waals surface area (Å²) in [5.74, 6) is 0. The first-order valence-electron chi connectivity index (χ1n) is 1.62. The standard InChI is InChI=1S/CH3NO6/c1-3-2-4-6-8-7-5-2/h1H3. The third-order valence-corrected chi connectivity index (χ3v) is 0.387. The molecular formula is CH3NO6. The van der Waals surface area contributed by atoms with Crippen molar-refractivity contribution < 1.29 is 29.9 Å². The quantitative estimate of drug-likeness (QED) is 0.435. The smallest absolute Gasteiger partial charge is 0.142 e. The highest BCUT2D eigenvalue weighted by atomic mass is 17.9. The number of hydrogen-bond acceptors (Lipinski definition) is 7. The minimum absolute atomic E-state index is 0.448. The molecule has 1 heterocycles. The molecule has 1 fully saturated rings. The van der Waals surface area contributed by atoms with Crippen LogP contribution < -0.4 is 0 Å². The van der Waals surface area contributed by atoms with Gasteiger partial charge >= 0.3 is 0 Å². The van der Waals surface area contributed by atoms with E-state index in [1.54, 1.807) is 0 Å². The predicted molar refractivity (Wildman–Crippen MR) is 14.3 cm³/mol. The number of nitrogens with zero attached hydrogens (tertiary/aromatic N) is 1. The van der Waals surface area contributed by atoms with Gasteiger partial charge in [0.1, 0.15) is 5.39 Å². The van der Waals surface area contributed by atoms with E-state index in [1.807, 2.05) is 0 Å². The summed E-state index contributed by atoms with van der Waals surface area (Å²) in [5, 5.41) is 11.5. The van der Waals surface area contributed by atoms with Crippen LogP contribution in [-0.2, 0) is 29.9 Å². The lowest BCUT2D eigenvalue weighted by Gasteiger charge is -2.14. The zero-order valence-electron chi connectivity index (χ0n) is 3.90. The fourth-order valence-corrected chi connectivity index (χ4v) is 0.159. The van der Waals surface area contributed by atoms with Gasteiger partial charge in [0, 0.05) is 0 Å². The maximum Gasteiger partial charge on any atom is 0.142 e. The molecule has 1 rings (SSSR count). The fourth-order valence-electron chi connectivity index (χ4n) is 0.159. The van der Waals surface area contributed by atoms with Crippen LogP contribution in [0.15, 0.2) is 0 Å². The van der Waals surface area contributed by atoms with Crippen LogP contribution in [0, 0.1) is 0 Å². The van der Waals surface area contributed by atoms with E-state index < -0.39 is 0 Å². The summed E-state index contributed by atoms with van der Waals surface area (Å²) in [6.45, 7) is 0. The third kappa shape index (κ3) is 1.35. The number of hydrogen-bond donors (Lipinski definition) is 0. The summed E-state index contributed by atoms with van der Waals surface area (Å²) in [5.41, 5.74) is 0. The van der Waals surface area contributed by atoms with Crippen LogP contribution in [0.5, 0.6) is 0 Å². The van der Waals surface area contributed by atoms with E-state index >= 15 is 0 Å². The third-order valence-electron chi connectivity index (χ3n) is 0.387. The molecule has 1 aliphatic heterocycles. The summed E-state index contributed by atoms with van der Waals surface area (Å²) < 4.78 is 0. The van der Waals surface area contributed by atoms with Gasteiger partial charge in [0.05, 0.1) is 7.11 Å². The minimum Gasteiger partial charge on any atom is -0.250 e. The summed E-state index contributed by atoms with van der Waals surface area (Å²) in [6, 6.07) is 0. The van der Waals surface area contributed by atoms with Gasteiger partial charge in [-0.1, -0.05) is 0 Å². The molecule has 48 valence electrons. The number of rotatable bonds is 1. The second-order valence-electron chi connectivity index (χ2n) is 0.759. The van der Waals surface area contributed by atoms with Crippen LogP contribution in [0.1, 0.15) is 0 Å². The highest BCUT2D eigenvalue weighted by Gasteiger charge is 2.14. The Bertz CT molecular complexity index is 59.5. The van der Waals surface area contributed by atoms with Crippen LogP contribution in [0.2, 0.25) is 0 Å². The topological polar surface area (TPSA) is 58.6 Å². The Morgan fingerprint density at radius 2 is 1.75 bits per heavy atom. The Morgan fingerprint density at radius 3 is 2.12 bits per heavy atom. The molecule has 7 heteroatoms. The van der Waals surface area contributed by atoms with E-state index in [2.05, 4.69) is 29.9 Å². The lowest BCUT2D eigenvalue weighted by Crippen LogP contribution is -2.28. The summed E-state index contributed by atoms with van der Waals surface area (Å²) in [4.78, 5) is 12.2. The van der Waals surface area contributed by atoms with Crippen molar-refractivity contribution in [2.24, 2.45) is 0 Å². The Morgan fingerprint density at radius 1 is 1.12 bits per heavy atom. The molecule has 8 heavy (non-hydrogen) atoms. The van der Waals surface area contributed by atoms with Gasteiger partial charge in [0.25, 0.3) is 0 Å². The summed E-state index contributed by atoms with van der Waals surface area (Å²) in [7, 11) is 1.28. The van der Waals surface area contributed by atoms with Crippen molar-refractivity contribution in [3.05, 3.63) is 0 Å². The molecule has 0 aromatic carbocycles. The van der Waals surface area contributed by atoms with Gasteiger partial charge in [0.15, 0.2) is 0 Å². The van der Waals surface area contributed by atoms with Gasteiger partial charge in [-0.05, 0) is 25.1 Å². The molecule has 7 nitrogen and oxygen atoms in total. The molecule has 0 amide bonds. The molecule has 1 saturated heterocycles. The Hall–Kier alpha value is -0.280. The average Bonchev–Trinajstić information content (AvgIpc) is 1.90. The maximum atomic E-state index is 4.25. The van der Waals surface area contributed by atoms with Crippen LogP contribution in [0.4, 0.5) is 0 Å². The summed E-state index contributed by atoms with van der Waals surface area (Å²) in [6.07, 6.45) is 0. The van der Waals surface area contributed by atoms with Crippen molar-refractivity contribution in [1.82, 2.24) is 5.39 Å². The first kappa shape index (κ1) is 5.85. The molecule has 0 saturated carbocycles. The van der Waals surface area contributed by atoms with Crippen molar-refractivity contribution >= 4 is 0 Å². The zero-order chi connectivity index (χ0) is 5.82. The molecule has 1 aliphatic rings. The van der Waals surface area contributed by atoms with Crippen molar-refractivity contribution in [3.63, 3.8) is 0 Å². The molecule has 0 radical (unpaired) electrons. The van der Waals surface area contributed by atoms with Crippen LogP contribution in [0.3, 0.4) is 0 Å². The van der Waals surface area contributed by atoms with Crippen molar-refractivity contribution in [2.45, 2.75) is 0 Å². The maximum absolute atomic E-state index is 4.25. The second-order valence-corrected chi connectivity index (χ2v) is 0.759. The van der Waals surface area contributed by atoms with Crippen molar-refractivity contribution in [2.75, 3.05) is 7.11 Å². The van der Waals surface area contributed by atoms with E-state index in [0.717, 1.165) is 0 Å². The SMILES string of the molecule is CON1OOOOO1. The first-order chi connectivity index (χ1) is 3.93. The van der Waals surface area contributed by atoms with Crippen molar-refractivity contribution in [3.8, 4) is 0 Å². The monoisotopic (exact) mass is 125 g/mol. The van der Waals surface area contributed by atoms with Crippen LogP contribution in [-0.4, -0.2) is 12.5 Å². The van der Waals surface area contributed by atoms with E-state index in [4.69, 9.17) is 0 Å². The molecule has 0 aliphatic carbocycles. The van der Waals surface area contributed by atoms with E-state index in [0.29, 0.717) is 5.39 Å². The molecule has 0 spiro atoms. The van der Waals surface area contributed by atoms with Gasteiger partial charge < -0.3 is 0 Å². The molecule has 0 aromatic rings. The van der Waals surface area contributed by atoms with Gasteiger partial charge in [-0.2, -0.15) is 0 Å². The molecule has 0 unspecified atom stereocenters. The fraction of sp³-hybridized carbons (Fsp3) is 1.00. The molecular weight excluding hydrogens is 122 g/mol. The lowest BCUT2D eigenvalue weighted by atomic mass is 11.7. The van der Waals surface area contributed by atoms with Crippen molar-refractivity contribution in [1.29, 1.82) is 0 Å².